The van der Waals surface area contributed by atoms with Gasteiger partial charge < -0.3 is 5.11 Å². The number of carboxylic acid groups (broad SMARTS) is 1. The molecule has 0 radical (unpaired) electrons. The van der Waals surface area contributed by atoms with Crippen LogP contribution in [0.3, 0.4) is 0 Å². The molecule has 0 spiro atoms. The number of benzene rings is 1. The normalized spacial score (nSPS) is 19.4. The molecule has 1 unspecified atom stereocenters. The van der Waals surface area contributed by atoms with E-state index in [-0.39, 0.29) is 12.0 Å². The number of hydrogen-bond acceptors (Lipinski definition) is 2. The maximum atomic E-state index is 11.2. The van der Waals surface area contributed by atoms with Gasteiger partial charge in [0.05, 0.1) is 6.42 Å². The lowest BCUT2D eigenvalue weighted by Crippen LogP contribution is -2.50. The average molecular weight is 275 g/mol. The van der Waals surface area contributed by atoms with Crippen molar-refractivity contribution < 1.29 is 9.90 Å². The Morgan fingerprint density at radius 3 is 2.45 bits per heavy atom. The molecule has 0 aromatic heterocycles. The fourth-order valence-electron chi connectivity index (χ4n) is 3.18. The number of likely N-dealkylation sites (tertiary alicyclic amines) is 1. The molecule has 1 atom stereocenters. The predicted octanol–water partition coefficient (Wildman–Crippen LogP) is 3.34. The third-order valence-corrected chi connectivity index (χ3v) is 4.45. The number of carboxylic acids is 1. The number of nitrogens with zero attached hydrogens (tertiary/aromatic N) is 1. The molecule has 0 bridgehead atoms. The zero-order chi connectivity index (χ0) is 14.4. The summed E-state index contributed by atoms with van der Waals surface area (Å²) in [5.41, 5.74) is 1.07. The van der Waals surface area contributed by atoms with E-state index in [1.165, 1.54) is 24.8 Å². The molecule has 0 amide bonds. The number of hydrogen-bond donors (Lipinski definition) is 1. The van der Waals surface area contributed by atoms with Gasteiger partial charge in [-0.3, -0.25) is 9.69 Å². The molecule has 1 aromatic carbocycles. The molecule has 1 fully saturated rings. The molecule has 1 saturated heterocycles. The highest BCUT2D eigenvalue weighted by molar-refractivity contribution is 5.68. The van der Waals surface area contributed by atoms with E-state index < -0.39 is 5.97 Å². The summed E-state index contributed by atoms with van der Waals surface area (Å²) >= 11 is 0. The molecule has 3 heteroatoms. The molecule has 110 valence electrons. The van der Waals surface area contributed by atoms with Crippen LogP contribution in [0.4, 0.5) is 0 Å². The quantitative estimate of drug-likeness (QED) is 0.865. The van der Waals surface area contributed by atoms with Crippen LogP contribution in [0.5, 0.6) is 0 Å². The topological polar surface area (TPSA) is 40.5 Å². The molecule has 0 aliphatic carbocycles. The molecule has 1 aliphatic rings. The first-order chi connectivity index (χ1) is 9.60. The predicted molar refractivity (Wildman–Crippen MR) is 80.8 cm³/mol. The molecular weight excluding hydrogens is 250 g/mol. The molecule has 1 heterocycles. The van der Waals surface area contributed by atoms with E-state index in [9.17, 15) is 9.90 Å². The molecule has 1 aromatic rings. The Morgan fingerprint density at radius 2 is 1.85 bits per heavy atom. The summed E-state index contributed by atoms with van der Waals surface area (Å²) in [6.07, 6.45) is 5.75. The lowest BCUT2D eigenvalue weighted by atomic mass is 9.86. The van der Waals surface area contributed by atoms with Crippen LogP contribution in [0.2, 0.25) is 0 Å². The maximum Gasteiger partial charge on any atom is 0.305 e. The van der Waals surface area contributed by atoms with Crippen molar-refractivity contribution in [2.45, 2.75) is 51.0 Å². The van der Waals surface area contributed by atoms with Gasteiger partial charge in [-0.15, -0.1) is 0 Å². The van der Waals surface area contributed by atoms with E-state index in [0.717, 1.165) is 25.9 Å². The summed E-state index contributed by atoms with van der Waals surface area (Å²) in [7, 11) is 0. The highest BCUT2D eigenvalue weighted by Gasteiger charge is 2.34. The molecule has 2 rings (SSSR count). The maximum absolute atomic E-state index is 11.2. The SMILES string of the molecule is CC(CCc1ccccc1)(CC(=O)O)N1CCCCC1. The molecule has 0 saturated carbocycles. The first kappa shape index (κ1) is 15.0. The summed E-state index contributed by atoms with van der Waals surface area (Å²) in [6.45, 7) is 4.20. The fraction of sp³-hybridized carbons (Fsp3) is 0.588. The van der Waals surface area contributed by atoms with Crippen LogP contribution >= 0.6 is 0 Å². The van der Waals surface area contributed by atoms with Gasteiger partial charge in [0.15, 0.2) is 0 Å². The Hall–Kier alpha value is -1.35. The van der Waals surface area contributed by atoms with Crippen LogP contribution in [0, 0.1) is 0 Å². The van der Waals surface area contributed by atoms with Crippen molar-refractivity contribution in [1.29, 1.82) is 0 Å². The van der Waals surface area contributed by atoms with Crippen LogP contribution in [-0.4, -0.2) is 34.6 Å². The Bertz CT molecular complexity index is 426. The summed E-state index contributed by atoms with van der Waals surface area (Å²) in [5.74, 6) is -0.689. The highest BCUT2D eigenvalue weighted by Crippen LogP contribution is 2.29. The van der Waals surface area contributed by atoms with Gasteiger partial charge in [-0.05, 0) is 51.3 Å². The van der Waals surface area contributed by atoms with Crippen molar-refractivity contribution in [3.8, 4) is 0 Å². The van der Waals surface area contributed by atoms with Crippen LogP contribution in [0.25, 0.3) is 0 Å². The number of aryl methyl sites for hydroxylation is 1. The van der Waals surface area contributed by atoms with Gasteiger partial charge in [-0.25, -0.2) is 0 Å². The van der Waals surface area contributed by atoms with E-state index in [2.05, 4.69) is 24.0 Å². The summed E-state index contributed by atoms with van der Waals surface area (Å²) < 4.78 is 0. The first-order valence-corrected chi connectivity index (χ1v) is 7.61. The minimum absolute atomic E-state index is 0.220. The monoisotopic (exact) mass is 275 g/mol. The van der Waals surface area contributed by atoms with Crippen molar-refractivity contribution in [2.24, 2.45) is 0 Å². The second-order valence-electron chi connectivity index (χ2n) is 6.10. The Kier molecular flexibility index (Phi) is 5.18. The second kappa shape index (κ2) is 6.89. The summed E-state index contributed by atoms with van der Waals surface area (Å²) in [5, 5.41) is 9.25. The Balaban J connectivity index is 2.03. The standard InChI is InChI=1S/C17H25NO2/c1-17(14-16(19)20,18-12-6-3-7-13-18)11-10-15-8-4-2-5-9-15/h2,4-5,8-9H,3,6-7,10-14H2,1H3,(H,19,20). The van der Waals surface area contributed by atoms with Gasteiger partial charge in [-0.2, -0.15) is 0 Å². The van der Waals surface area contributed by atoms with Gasteiger partial charge in [0.2, 0.25) is 0 Å². The van der Waals surface area contributed by atoms with Crippen LogP contribution < -0.4 is 0 Å². The Labute approximate surface area is 121 Å². The zero-order valence-electron chi connectivity index (χ0n) is 12.3. The molecule has 3 nitrogen and oxygen atoms in total. The van der Waals surface area contributed by atoms with Crippen LogP contribution in [0.1, 0.15) is 44.6 Å². The van der Waals surface area contributed by atoms with Gasteiger partial charge in [0.1, 0.15) is 0 Å². The third kappa shape index (κ3) is 4.07. The zero-order valence-corrected chi connectivity index (χ0v) is 12.3. The Morgan fingerprint density at radius 1 is 1.20 bits per heavy atom. The second-order valence-corrected chi connectivity index (χ2v) is 6.10. The third-order valence-electron chi connectivity index (χ3n) is 4.45. The molecule has 1 N–H and O–H groups in total. The fourth-order valence-corrected chi connectivity index (χ4v) is 3.18. The largest absolute Gasteiger partial charge is 0.481 e. The minimum Gasteiger partial charge on any atom is -0.481 e. The number of carbonyl (C=O) groups is 1. The van der Waals surface area contributed by atoms with Crippen LogP contribution in [0.15, 0.2) is 30.3 Å². The van der Waals surface area contributed by atoms with E-state index in [0.29, 0.717) is 0 Å². The van der Waals surface area contributed by atoms with Crippen molar-refractivity contribution in [2.75, 3.05) is 13.1 Å². The van der Waals surface area contributed by atoms with E-state index in [1.807, 2.05) is 18.2 Å². The number of rotatable bonds is 6. The van der Waals surface area contributed by atoms with Crippen molar-refractivity contribution in [3.05, 3.63) is 35.9 Å². The highest BCUT2D eigenvalue weighted by atomic mass is 16.4. The smallest absolute Gasteiger partial charge is 0.305 e. The van der Waals surface area contributed by atoms with E-state index >= 15 is 0 Å². The van der Waals surface area contributed by atoms with Gasteiger partial charge >= 0.3 is 5.97 Å². The molecular formula is C17H25NO2. The van der Waals surface area contributed by atoms with Crippen molar-refractivity contribution in [3.63, 3.8) is 0 Å². The van der Waals surface area contributed by atoms with Gasteiger partial charge in [-0.1, -0.05) is 36.8 Å². The van der Waals surface area contributed by atoms with Gasteiger partial charge in [0.25, 0.3) is 0 Å². The average Bonchev–Trinajstić information content (AvgIpc) is 2.47. The molecule has 1 aliphatic heterocycles. The van der Waals surface area contributed by atoms with E-state index in [1.54, 1.807) is 0 Å². The van der Waals surface area contributed by atoms with Gasteiger partial charge in [0, 0.05) is 5.54 Å². The van der Waals surface area contributed by atoms with Crippen molar-refractivity contribution >= 4 is 5.97 Å². The minimum atomic E-state index is -0.689. The van der Waals surface area contributed by atoms with Crippen molar-refractivity contribution in [1.82, 2.24) is 4.90 Å². The first-order valence-electron chi connectivity index (χ1n) is 7.61. The number of piperidine rings is 1. The van der Waals surface area contributed by atoms with E-state index in [4.69, 9.17) is 0 Å². The summed E-state index contributed by atoms with van der Waals surface area (Å²) in [4.78, 5) is 13.6. The summed E-state index contributed by atoms with van der Waals surface area (Å²) in [6, 6.07) is 10.4. The number of aliphatic carboxylic acids is 1. The lowest BCUT2D eigenvalue weighted by Gasteiger charge is -2.43. The lowest BCUT2D eigenvalue weighted by molar-refractivity contribution is -0.140. The molecule has 20 heavy (non-hydrogen) atoms. The van der Waals surface area contributed by atoms with Crippen LogP contribution in [-0.2, 0) is 11.2 Å².